The molecule has 0 aromatic carbocycles. The van der Waals surface area contributed by atoms with E-state index in [4.69, 9.17) is 5.73 Å². The molecule has 0 aliphatic carbocycles. The minimum Gasteiger partial charge on any atom is -0.368 e. The van der Waals surface area contributed by atoms with Crippen molar-refractivity contribution in [1.29, 1.82) is 0 Å². The average molecular weight is 179 g/mol. The Morgan fingerprint density at radius 2 is 2.31 bits per heavy atom. The number of nitrogens with zero attached hydrogens (tertiary/aromatic N) is 2. The molecule has 0 aliphatic rings. The molecule has 0 aliphatic heterocycles. The Labute approximate surface area is 77.4 Å². The van der Waals surface area contributed by atoms with Gasteiger partial charge in [-0.3, -0.25) is 4.79 Å². The number of primary amides is 1. The highest BCUT2D eigenvalue weighted by atomic mass is 16.1. The lowest BCUT2D eigenvalue weighted by atomic mass is 10.3. The molecule has 1 rings (SSSR count). The van der Waals surface area contributed by atoms with Crippen molar-refractivity contribution in [3.8, 4) is 0 Å². The van der Waals surface area contributed by atoms with Crippen molar-refractivity contribution in [3.63, 3.8) is 0 Å². The summed E-state index contributed by atoms with van der Waals surface area (Å²) in [5.41, 5.74) is 5.17. The lowest BCUT2D eigenvalue weighted by Gasteiger charge is -2.22. The highest BCUT2D eigenvalue weighted by Gasteiger charge is 2.15. The maximum Gasteiger partial charge on any atom is 0.239 e. The summed E-state index contributed by atoms with van der Waals surface area (Å²) in [5.74, 6) is 0.391. The van der Waals surface area contributed by atoms with Crippen LogP contribution in [0.4, 0.5) is 5.82 Å². The topological polar surface area (TPSA) is 59.2 Å². The summed E-state index contributed by atoms with van der Waals surface area (Å²) in [4.78, 5) is 16.7. The maximum atomic E-state index is 10.9. The first-order valence-corrected chi connectivity index (χ1v) is 4.06. The minimum atomic E-state index is -0.354. The first-order valence-electron chi connectivity index (χ1n) is 4.06. The molecule has 13 heavy (non-hydrogen) atoms. The van der Waals surface area contributed by atoms with E-state index >= 15 is 0 Å². The molecule has 4 nitrogen and oxygen atoms in total. The molecule has 70 valence electrons. The molecular weight excluding hydrogens is 166 g/mol. The van der Waals surface area contributed by atoms with Crippen LogP contribution in [0, 0.1) is 0 Å². The summed E-state index contributed by atoms with van der Waals surface area (Å²) in [6.45, 7) is 1.75. The lowest BCUT2D eigenvalue weighted by Crippen LogP contribution is -2.40. The van der Waals surface area contributed by atoms with Gasteiger partial charge in [-0.15, -0.1) is 0 Å². The van der Waals surface area contributed by atoms with Gasteiger partial charge in [0.25, 0.3) is 0 Å². The molecule has 1 unspecified atom stereocenters. The van der Waals surface area contributed by atoms with Gasteiger partial charge in [0.1, 0.15) is 11.9 Å². The standard InChI is InChI=1S/C9H13N3O/c1-7(9(10)13)12(2)8-5-3-4-6-11-8/h3-7H,1-2H3,(H2,10,13). The second kappa shape index (κ2) is 3.89. The van der Waals surface area contributed by atoms with Gasteiger partial charge >= 0.3 is 0 Å². The van der Waals surface area contributed by atoms with E-state index in [-0.39, 0.29) is 11.9 Å². The largest absolute Gasteiger partial charge is 0.368 e. The molecule has 1 aromatic heterocycles. The predicted molar refractivity (Wildman–Crippen MR) is 51.3 cm³/mol. The van der Waals surface area contributed by atoms with Crippen LogP contribution in [0.3, 0.4) is 0 Å². The first-order chi connectivity index (χ1) is 6.13. The Morgan fingerprint density at radius 3 is 2.77 bits per heavy atom. The zero-order valence-corrected chi connectivity index (χ0v) is 7.77. The number of anilines is 1. The van der Waals surface area contributed by atoms with Gasteiger partial charge in [0.2, 0.25) is 5.91 Å². The fourth-order valence-corrected chi connectivity index (χ4v) is 0.952. The van der Waals surface area contributed by atoms with Crippen molar-refractivity contribution in [2.45, 2.75) is 13.0 Å². The van der Waals surface area contributed by atoms with E-state index in [1.165, 1.54) is 0 Å². The molecule has 0 radical (unpaired) electrons. The molecule has 4 heteroatoms. The van der Waals surface area contributed by atoms with Crippen molar-refractivity contribution in [2.75, 3.05) is 11.9 Å². The third kappa shape index (κ3) is 2.18. The Balaban J connectivity index is 2.79. The van der Waals surface area contributed by atoms with Crippen LogP contribution in [0.25, 0.3) is 0 Å². The van der Waals surface area contributed by atoms with Gasteiger partial charge < -0.3 is 10.6 Å². The molecule has 0 bridgehead atoms. The highest BCUT2D eigenvalue weighted by Crippen LogP contribution is 2.09. The summed E-state index contributed by atoms with van der Waals surface area (Å²) < 4.78 is 0. The van der Waals surface area contributed by atoms with Crippen LogP contribution in [0.5, 0.6) is 0 Å². The number of hydrogen-bond donors (Lipinski definition) is 1. The van der Waals surface area contributed by atoms with Crippen LogP contribution in [-0.4, -0.2) is 24.0 Å². The van der Waals surface area contributed by atoms with E-state index < -0.39 is 0 Å². The molecule has 1 aromatic rings. The lowest BCUT2D eigenvalue weighted by molar-refractivity contribution is -0.118. The second-order valence-electron chi connectivity index (χ2n) is 2.88. The molecule has 2 N–H and O–H groups in total. The number of rotatable bonds is 3. The molecule has 0 spiro atoms. The third-order valence-corrected chi connectivity index (χ3v) is 2.00. The number of carbonyl (C=O) groups is 1. The third-order valence-electron chi connectivity index (χ3n) is 2.00. The molecule has 0 fully saturated rings. The number of amides is 1. The van der Waals surface area contributed by atoms with E-state index in [1.807, 2.05) is 18.2 Å². The van der Waals surface area contributed by atoms with E-state index in [9.17, 15) is 4.79 Å². The van der Waals surface area contributed by atoms with Crippen molar-refractivity contribution >= 4 is 11.7 Å². The van der Waals surface area contributed by atoms with Crippen LogP contribution < -0.4 is 10.6 Å². The number of carbonyl (C=O) groups excluding carboxylic acids is 1. The predicted octanol–water partition coefficient (Wildman–Crippen LogP) is 0.392. The minimum absolute atomic E-state index is 0.338. The van der Waals surface area contributed by atoms with Gasteiger partial charge in [0, 0.05) is 13.2 Å². The molecular formula is C9H13N3O. The van der Waals surface area contributed by atoms with E-state index in [2.05, 4.69) is 4.98 Å². The van der Waals surface area contributed by atoms with Crippen molar-refractivity contribution in [3.05, 3.63) is 24.4 Å². The number of likely N-dealkylation sites (N-methyl/N-ethyl adjacent to an activating group) is 1. The Morgan fingerprint density at radius 1 is 1.62 bits per heavy atom. The SMILES string of the molecule is CC(C(N)=O)N(C)c1ccccn1. The number of hydrogen-bond acceptors (Lipinski definition) is 3. The summed E-state index contributed by atoms with van der Waals surface area (Å²) in [7, 11) is 1.79. The molecule has 0 saturated heterocycles. The summed E-state index contributed by atoms with van der Waals surface area (Å²) in [6, 6.07) is 5.19. The van der Waals surface area contributed by atoms with Crippen molar-refractivity contribution in [1.82, 2.24) is 4.98 Å². The smallest absolute Gasteiger partial charge is 0.239 e. The number of nitrogens with two attached hydrogens (primary N) is 1. The Bertz CT molecular complexity index is 286. The Hall–Kier alpha value is -1.58. The normalized spacial score (nSPS) is 12.2. The van der Waals surface area contributed by atoms with Crippen molar-refractivity contribution in [2.24, 2.45) is 5.73 Å². The maximum absolute atomic E-state index is 10.9. The van der Waals surface area contributed by atoms with Gasteiger partial charge in [0.05, 0.1) is 0 Å². The summed E-state index contributed by atoms with van der Waals surface area (Å²) in [5, 5.41) is 0. The second-order valence-corrected chi connectivity index (χ2v) is 2.88. The van der Waals surface area contributed by atoms with Crippen LogP contribution in [0.15, 0.2) is 24.4 Å². The van der Waals surface area contributed by atoms with Crippen LogP contribution in [0.2, 0.25) is 0 Å². The van der Waals surface area contributed by atoms with Gasteiger partial charge in [-0.1, -0.05) is 6.07 Å². The van der Waals surface area contributed by atoms with Gasteiger partial charge in [0.15, 0.2) is 0 Å². The van der Waals surface area contributed by atoms with Gasteiger partial charge in [-0.25, -0.2) is 4.98 Å². The van der Waals surface area contributed by atoms with E-state index in [1.54, 1.807) is 25.1 Å². The fraction of sp³-hybridized carbons (Fsp3) is 0.333. The van der Waals surface area contributed by atoms with Crippen LogP contribution >= 0.6 is 0 Å². The van der Waals surface area contributed by atoms with Crippen LogP contribution in [0.1, 0.15) is 6.92 Å². The van der Waals surface area contributed by atoms with E-state index in [0.29, 0.717) is 0 Å². The zero-order valence-electron chi connectivity index (χ0n) is 7.77. The Kier molecular flexibility index (Phi) is 2.84. The summed E-state index contributed by atoms with van der Waals surface area (Å²) >= 11 is 0. The summed E-state index contributed by atoms with van der Waals surface area (Å²) in [6.07, 6.45) is 1.68. The molecule has 1 heterocycles. The molecule has 1 atom stereocenters. The van der Waals surface area contributed by atoms with Gasteiger partial charge in [-0.05, 0) is 19.1 Å². The molecule has 0 saturated carbocycles. The zero-order chi connectivity index (χ0) is 9.84. The average Bonchev–Trinajstić information content (AvgIpc) is 2.17. The monoisotopic (exact) mass is 179 g/mol. The number of aromatic nitrogens is 1. The number of pyridine rings is 1. The molecule has 1 amide bonds. The fourth-order valence-electron chi connectivity index (χ4n) is 0.952. The first kappa shape index (κ1) is 9.51. The highest BCUT2D eigenvalue weighted by molar-refractivity contribution is 5.82. The van der Waals surface area contributed by atoms with Crippen LogP contribution in [-0.2, 0) is 4.79 Å². The van der Waals surface area contributed by atoms with E-state index in [0.717, 1.165) is 5.82 Å². The van der Waals surface area contributed by atoms with Crippen molar-refractivity contribution < 1.29 is 4.79 Å². The van der Waals surface area contributed by atoms with Gasteiger partial charge in [-0.2, -0.15) is 0 Å². The quantitative estimate of drug-likeness (QED) is 0.730.